The van der Waals surface area contributed by atoms with Gasteiger partial charge in [-0.1, -0.05) is 0 Å². The first-order valence-corrected chi connectivity index (χ1v) is 3.48. The van der Waals surface area contributed by atoms with Crippen molar-refractivity contribution >= 4 is 6.08 Å². The maximum atomic E-state index is 9.94. The van der Waals surface area contributed by atoms with Crippen molar-refractivity contribution in [1.82, 2.24) is 0 Å². The Morgan fingerprint density at radius 1 is 1.58 bits per heavy atom. The van der Waals surface area contributed by atoms with Crippen LogP contribution in [0.2, 0.25) is 0 Å². The molecule has 1 heterocycles. The van der Waals surface area contributed by atoms with E-state index in [0.717, 1.165) is 17.5 Å². The van der Waals surface area contributed by atoms with Gasteiger partial charge in [0.2, 0.25) is 6.20 Å². The molecule has 1 aromatic rings. The minimum Gasteiger partial charge on any atom is -0.462 e. The van der Waals surface area contributed by atoms with E-state index >= 15 is 0 Å². The molecule has 0 aliphatic heterocycles. The van der Waals surface area contributed by atoms with Crippen LogP contribution in [-0.2, 0) is 0 Å². The average molecular weight is 167 g/mol. The second-order valence-electron chi connectivity index (χ2n) is 2.49. The minimum absolute atomic E-state index is 0.515. The van der Waals surface area contributed by atoms with E-state index in [-0.39, 0.29) is 0 Å². The van der Waals surface area contributed by atoms with Gasteiger partial charge in [0.25, 0.3) is 0 Å². The van der Waals surface area contributed by atoms with Crippen molar-refractivity contribution in [3.63, 3.8) is 0 Å². The van der Waals surface area contributed by atoms with E-state index in [1.165, 1.54) is 6.08 Å². The van der Waals surface area contributed by atoms with Crippen LogP contribution >= 0.6 is 0 Å². The lowest BCUT2D eigenvalue weighted by Gasteiger charge is -1.82. The van der Waals surface area contributed by atoms with Crippen LogP contribution in [-0.4, -0.2) is 4.92 Å². The highest BCUT2D eigenvalue weighted by atomic mass is 16.6. The molecule has 1 aromatic heterocycles. The molecule has 0 N–H and O–H groups in total. The van der Waals surface area contributed by atoms with Gasteiger partial charge in [-0.3, -0.25) is 10.1 Å². The van der Waals surface area contributed by atoms with Crippen molar-refractivity contribution < 1.29 is 9.34 Å². The number of nitrogens with zero attached hydrogens (tertiary/aromatic N) is 1. The second kappa shape index (κ2) is 3.21. The zero-order valence-corrected chi connectivity index (χ0v) is 6.90. The molecule has 0 unspecified atom stereocenters. The van der Waals surface area contributed by atoms with E-state index < -0.39 is 4.92 Å². The third kappa shape index (κ3) is 1.95. The predicted octanol–water partition coefficient (Wildman–Crippen LogP) is 2.14. The topological polar surface area (TPSA) is 56.3 Å². The molecule has 0 spiro atoms. The molecular weight excluding hydrogens is 158 g/mol. The molecule has 0 aromatic carbocycles. The van der Waals surface area contributed by atoms with Crippen molar-refractivity contribution in [3.05, 3.63) is 39.5 Å². The van der Waals surface area contributed by atoms with Crippen LogP contribution in [0.1, 0.15) is 17.1 Å². The normalized spacial score (nSPS) is 10.8. The molecule has 0 saturated carbocycles. The first-order valence-electron chi connectivity index (χ1n) is 3.48. The molecule has 0 fully saturated rings. The van der Waals surface area contributed by atoms with Gasteiger partial charge in [0, 0.05) is 0 Å². The number of hydrogen-bond acceptors (Lipinski definition) is 3. The van der Waals surface area contributed by atoms with E-state index in [1.807, 2.05) is 13.8 Å². The van der Waals surface area contributed by atoms with Crippen LogP contribution < -0.4 is 0 Å². The van der Waals surface area contributed by atoms with Crippen molar-refractivity contribution in [2.24, 2.45) is 0 Å². The molecule has 0 atom stereocenters. The van der Waals surface area contributed by atoms with E-state index in [4.69, 9.17) is 4.42 Å². The third-order valence-electron chi connectivity index (χ3n) is 1.55. The Kier molecular flexibility index (Phi) is 2.28. The molecule has 1 rings (SSSR count). The molecule has 0 bridgehead atoms. The van der Waals surface area contributed by atoms with Gasteiger partial charge < -0.3 is 4.42 Å². The summed E-state index contributed by atoms with van der Waals surface area (Å²) in [5.41, 5.74) is 0.998. The Labute approximate surface area is 69.6 Å². The van der Waals surface area contributed by atoms with Gasteiger partial charge in [-0.2, -0.15) is 0 Å². The fourth-order valence-electron chi connectivity index (χ4n) is 0.818. The summed E-state index contributed by atoms with van der Waals surface area (Å²) in [5.74, 6) is 1.31. The van der Waals surface area contributed by atoms with Gasteiger partial charge in [0.1, 0.15) is 11.5 Å². The highest BCUT2D eigenvalue weighted by Gasteiger charge is 2.00. The van der Waals surface area contributed by atoms with Gasteiger partial charge in [0.05, 0.1) is 11.0 Å². The summed E-state index contributed by atoms with van der Waals surface area (Å²) >= 11 is 0. The van der Waals surface area contributed by atoms with Crippen LogP contribution in [0.3, 0.4) is 0 Å². The lowest BCUT2D eigenvalue weighted by molar-refractivity contribution is -0.401. The minimum atomic E-state index is -0.521. The monoisotopic (exact) mass is 167 g/mol. The Balaban J connectivity index is 2.83. The van der Waals surface area contributed by atoms with Gasteiger partial charge in [-0.25, -0.2) is 0 Å². The summed E-state index contributed by atoms with van der Waals surface area (Å²) in [6, 6.07) is 1.76. The zero-order chi connectivity index (χ0) is 9.14. The highest BCUT2D eigenvalue weighted by molar-refractivity contribution is 5.43. The number of hydrogen-bond donors (Lipinski definition) is 0. The summed E-state index contributed by atoms with van der Waals surface area (Å²) in [5, 5.41) is 9.94. The Morgan fingerprint density at radius 3 is 2.67 bits per heavy atom. The molecule has 0 radical (unpaired) electrons. The number of rotatable bonds is 2. The fourth-order valence-corrected chi connectivity index (χ4v) is 0.818. The number of furan rings is 1. The molecule has 12 heavy (non-hydrogen) atoms. The van der Waals surface area contributed by atoms with E-state index in [9.17, 15) is 10.1 Å². The molecule has 4 nitrogen and oxygen atoms in total. The smallest absolute Gasteiger partial charge is 0.238 e. The average Bonchev–Trinajstić information content (AvgIpc) is 2.28. The first kappa shape index (κ1) is 8.52. The van der Waals surface area contributed by atoms with Crippen molar-refractivity contribution in [1.29, 1.82) is 0 Å². The van der Waals surface area contributed by atoms with Crippen LogP contribution in [0, 0.1) is 24.0 Å². The first-order chi connectivity index (χ1) is 5.59. The van der Waals surface area contributed by atoms with Gasteiger partial charge in [0.15, 0.2) is 0 Å². The Bertz CT molecular complexity index is 306. The molecule has 0 aliphatic carbocycles. The predicted molar refractivity (Wildman–Crippen MR) is 44.2 cm³/mol. The SMILES string of the molecule is Cc1cc(/C=C/[N+](=O)[O-])oc1C. The van der Waals surface area contributed by atoms with Crippen molar-refractivity contribution in [3.8, 4) is 0 Å². The molecular formula is C8H9NO3. The fraction of sp³-hybridized carbons (Fsp3) is 0.250. The summed E-state index contributed by atoms with van der Waals surface area (Å²) < 4.78 is 5.17. The van der Waals surface area contributed by atoms with E-state index in [2.05, 4.69) is 0 Å². The number of aryl methyl sites for hydroxylation is 2. The molecule has 0 amide bonds. The summed E-state index contributed by atoms with van der Waals surface area (Å²) in [6.07, 6.45) is 2.19. The third-order valence-corrected chi connectivity index (χ3v) is 1.55. The molecule has 64 valence electrons. The summed E-state index contributed by atoms with van der Waals surface area (Å²) in [4.78, 5) is 9.42. The van der Waals surface area contributed by atoms with Crippen molar-refractivity contribution in [2.45, 2.75) is 13.8 Å². The standard InChI is InChI=1S/C8H9NO3/c1-6-5-8(12-7(6)2)3-4-9(10)11/h3-5H,1-2H3/b4-3+. The number of nitro groups is 1. The summed E-state index contributed by atoms with van der Waals surface area (Å²) in [6.45, 7) is 3.71. The lowest BCUT2D eigenvalue weighted by Crippen LogP contribution is -1.80. The van der Waals surface area contributed by atoms with Crippen LogP contribution in [0.4, 0.5) is 0 Å². The van der Waals surface area contributed by atoms with Crippen molar-refractivity contribution in [2.75, 3.05) is 0 Å². The molecule has 4 heteroatoms. The lowest BCUT2D eigenvalue weighted by atomic mass is 10.3. The van der Waals surface area contributed by atoms with Crippen LogP contribution in [0.25, 0.3) is 6.08 Å². The van der Waals surface area contributed by atoms with Gasteiger partial charge in [-0.15, -0.1) is 0 Å². The zero-order valence-electron chi connectivity index (χ0n) is 6.90. The Morgan fingerprint density at radius 2 is 2.25 bits per heavy atom. The van der Waals surface area contributed by atoms with Gasteiger partial charge >= 0.3 is 0 Å². The molecule has 0 aliphatic rings. The Hall–Kier alpha value is -1.58. The van der Waals surface area contributed by atoms with Crippen LogP contribution in [0.5, 0.6) is 0 Å². The van der Waals surface area contributed by atoms with E-state index in [0.29, 0.717) is 5.76 Å². The van der Waals surface area contributed by atoms with Crippen LogP contribution in [0.15, 0.2) is 16.7 Å². The van der Waals surface area contributed by atoms with Gasteiger partial charge in [-0.05, 0) is 25.5 Å². The maximum absolute atomic E-state index is 9.94. The highest BCUT2D eigenvalue weighted by Crippen LogP contribution is 2.13. The second-order valence-corrected chi connectivity index (χ2v) is 2.49. The summed E-state index contributed by atoms with van der Waals surface area (Å²) in [7, 11) is 0. The van der Waals surface area contributed by atoms with E-state index in [1.54, 1.807) is 6.07 Å². The maximum Gasteiger partial charge on any atom is 0.238 e. The largest absolute Gasteiger partial charge is 0.462 e. The molecule has 0 saturated heterocycles. The quantitative estimate of drug-likeness (QED) is 0.500.